The zero-order chi connectivity index (χ0) is 27.1. The Morgan fingerprint density at radius 3 is 1.89 bits per heavy atom. The fraction of sp³-hybridized carbons (Fsp3) is 0.387. The second-order valence-corrected chi connectivity index (χ2v) is 9.12. The molecule has 200 valence electrons. The van der Waals surface area contributed by atoms with Crippen LogP contribution >= 0.6 is 0 Å². The van der Waals surface area contributed by atoms with Gasteiger partial charge in [0.05, 0.1) is 18.8 Å². The van der Waals surface area contributed by atoms with Crippen molar-refractivity contribution in [1.82, 2.24) is 5.32 Å². The lowest BCUT2D eigenvalue weighted by Gasteiger charge is -2.23. The van der Waals surface area contributed by atoms with E-state index in [1.165, 1.54) is 0 Å². The molecule has 0 bridgehead atoms. The van der Waals surface area contributed by atoms with Crippen LogP contribution in [0.4, 0.5) is 0 Å². The molecule has 0 saturated heterocycles. The number of hydrogen-bond donors (Lipinski definition) is 2. The van der Waals surface area contributed by atoms with Crippen LogP contribution in [0.5, 0.6) is 11.5 Å². The molecule has 6 nitrogen and oxygen atoms in total. The summed E-state index contributed by atoms with van der Waals surface area (Å²) in [5.41, 5.74) is 2.90. The Morgan fingerprint density at radius 1 is 0.865 bits per heavy atom. The van der Waals surface area contributed by atoms with Crippen molar-refractivity contribution in [1.29, 1.82) is 0 Å². The fourth-order valence-electron chi connectivity index (χ4n) is 3.38. The topological polar surface area (TPSA) is 77.0 Å². The van der Waals surface area contributed by atoms with Gasteiger partial charge in [-0.05, 0) is 62.6 Å². The van der Waals surface area contributed by atoms with Crippen molar-refractivity contribution in [2.24, 2.45) is 0 Å². The third-order valence-electron chi connectivity index (χ3n) is 5.54. The number of esters is 1. The Hall–Kier alpha value is -3.35. The number of ether oxygens (including phenoxy) is 3. The minimum Gasteiger partial charge on any atom is -0.485 e. The van der Waals surface area contributed by atoms with Gasteiger partial charge in [0, 0.05) is 5.54 Å². The van der Waals surface area contributed by atoms with Crippen molar-refractivity contribution in [3.8, 4) is 11.5 Å². The number of aliphatic hydroxyl groups excluding tert-OH is 1. The van der Waals surface area contributed by atoms with Gasteiger partial charge < -0.3 is 24.6 Å². The maximum Gasteiger partial charge on any atom is 0.338 e. The summed E-state index contributed by atoms with van der Waals surface area (Å²) in [4.78, 5) is 12.8. The summed E-state index contributed by atoms with van der Waals surface area (Å²) >= 11 is 0. The van der Waals surface area contributed by atoms with Crippen LogP contribution in [-0.4, -0.2) is 36.4 Å². The van der Waals surface area contributed by atoms with Crippen LogP contribution in [0.15, 0.2) is 72.8 Å². The monoisotopic (exact) mass is 507 g/mol. The van der Waals surface area contributed by atoms with E-state index < -0.39 is 5.97 Å². The molecule has 3 aromatic rings. The molecule has 0 aliphatic heterocycles. The van der Waals surface area contributed by atoms with Crippen molar-refractivity contribution in [3.63, 3.8) is 0 Å². The number of carbonyl (C=O) groups is 1. The van der Waals surface area contributed by atoms with E-state index in [0.717, 1.165) is 16.7 Å². The zero-order valence-corrected chi connectivity index (χ0v) is 22.8. The molecule has 0 aliphatic carbocycles. The van der Waals surface area contributed by atoms with Gasteiger partial charge in [-0.2, -0.15) is 0 Å². The lowest BCUT2D eigenvalue weighted by Crippen LogP contribution is -2.43. The number of nitrogens with one attached hydrogen (secondary N) is 1. The average Bonchev–Trinajstić information content (AvgIpc) is 2.93. The predicted octanol–water partition coefficient (Wildman–Crippen LogP) is 6.09. The summed E-state index contributed by atoms with van der Waals surface area (Å²) in [5.74, 6) is 0.672. The SMILES string of the molecule is CC.Cc1cc(OCc2ccccc2)c(OCc2ccccc2)cc1C(=O)OCCCNC(C)(C)CO. The quantitative estimate of drug-likeness (QED) is 0.215. The van der Waals surface area contributed by atoms with E-state index in [2.05, 4.69) is 5.32 Å². The lowest BCUT2D eigenvalue weighted by molar-refractivity contribution is 0.0495. The minimum atomic E-state index is -0.400. The van der Waals surface area contributed by atoms with Gasteiger partial charge in [-0.15, -0.1) is 0 Å². The fourth-order valence-corrected chi connectivity index (χ4v) is 3.38. The van der Waals surface area contributed by atoms with Gasteiger partial charge >= 0.3 is 5.97 Å². The average molecular weight is 508 g/mol. The molecular formula is C31H41NO5. The summed E-state index contributed by atoms with van der Waals surface area (Å²) in [6.07, 6.45) is 0.643. The van der Waals surface area contributed by atoms with Crippen LogP contribution in [0.25, 0.3) is 0 Å². The maximum atomic E-state index is 12.8. The van der Waals surface area contributed by atoms with Crippen molar-refractivity contribution in [2.45, 2.75) is 59.8 Å². The van der Waals surface area contributed by atoms with Gasteiger partial charge in [-0.3, -0.25) is 0 Å². The Kier molecular flexibility index (Phi) is 12.7. The van der Waals surface area contributed by atoms with Gasteiger partial charge in [0.2, 0.25) is 0 Å². The summed E-state index contributed by atoms with van der Waals surface area (Å²) in [5, 5.41) is 12.5. The Labute approximate surface area is 221 Å². The first kappa shape index (κ1) is 29.9. The molecule has 0 spiro atoms. The summed E-state index contributed by atoms with van der Waals surface area (Å²) in [6, 6.07) is 23.3. The van der Waals surface area contributed by atoms with Gasteiger partial charge in [-0.25, -0.2) is 4.79 Å². The van der Waals surface area contributed by atoms with Gasteiger partial charge in [-0.1, -0.05) is 74.5 Å². The molecule has 6 heteroatoms. The molecule has 0 saturated carbocycles. The van der Waals surface area contributed by atoms with Gasteiger partial charge in [0.25, 0.3) is 0 Å². The molecule has 3 rings (SSSR count). The molecule has 2 N–H and O–H groups in total. The van der Waals surface area contributed by atoms with E-state index in [9.17, 15) is 9.90 Å². The molecule has 37 heavy (non-hydrogen) atoms. The van der Waals surface area contributed by atoms with Crippen molar-refractivity contribution < 1.29 is 24.1 Å². The Morgan fingerprint density at radius 2 is 1.38 bits per heavy atom. The molecular weight excluding hydrogens is 466 g/mol. The van der Waals surface area contributed by atoms with E-state index in [1.54, 1.807) is 6.07 Å². The number of carbonyl (C=O) groups excluding carboxylic acids is 1. The van der Waals surface area contributed by atoms with Crippen molar-refractivity contribution in [3.05, 3.63) is 95.1 Å². The van der Waals surface area contributed by atoms with E-state index in [1.807, 2.05) is 101 Å². The first-order valence-electron chi connectivity index (χ1n) is 12.9. The number of hydrogen-bond acceptors (Lipinski definition) is 6. The smallest absolute Gasteiger partial charge is 0.338 e. The van der Waals surface area contributed by atoms with E-state index >= 15 is 0 Å². The molecule has 0 unspecified atom stereocenters. The largest absolute Gasteiger partial charge is 0.485 e. The molecule has 0 aromatic heterocycles. The minimum absolute atomic E-state index is 0.0381. The first-order chi connectivity index (χ1) is 17.9. The van der Waals surface area contributed by atoms with Crippen LogP contribution in [0.2, 0.25) is 0 Å². The number of aryl methyl sites for hydroxylation is 1. The van der Waals surface area contributed by atoms with Crippen LogP contribution in [-0.2, 0) is 18.0 Å². The number of aliphatic hydroxyl groups is 1. The molecule has 0 amide bonds. The van der Waals surface area contributed by atoms with Crippen LogP contribution in [0.1, 0.15) is 61.2 Å². The molecule has 0 atom stereocenters. The molecule has 0 radical (unpaired) electrons. The third kappa shape index (κ3) is 10.3. The van der Waals surface area contributed by atoms with Crippen LogP contribution in [0.3, 0.4) is 0 Å². The second kappa shape index (κ2) is 15.7. The highest BCUT2D eigenvalue weighted by atomic mass is 16.5. The normalized spacial score (nSPS) is 10.8. The molecule has 0 fully saturated rings. The first-order valence-corrected chi connectivity index (χ1v) is 12.9. The van der Waals surface area contributed by atoms with E-state index in [4.69, 9.17) is 14.2 Å². The zero-order valence-electron chi connectivity index (χ0n) is 22.8. The summed E-state index contributed by atoms with van der Waals surface area (Å²) < 4.78 is 17.7. The van der Waals surface area contributed by atoms with Gasteiger partial charge in [0.1, 0.15) is 13.2 Å². The highest BCUT2D eigenvalue weighted by Crippen LogP contribution is 2.33. The standard InChI is InChI=1S/C29H35NO5.C2H6/c1-22-17-26(34-19-23-11-6-4-7-12-23)27(35-20-24-13-8-5-9-14-24)18-25(22)28(32)33-16-10-15-30-29(2,3)21-31;1-2/h4-9,11-14,17-18,30-31H,10,15-16,19-21H2,1-3H3;1-2H3. The van der Waals surface area contributed by atoms with Gasteiger partial charge in [0.15, 0.2) is 11.5 Å². The third-order valence-corrected chi connectivity index (χ3v) is 5.54. The molecule has 0 heterocycles. The number of rotatable bonds is 13. The summed E-state index contributed by atoms with van der Waals surface area (Å²) in [6.45, 7) is 11.4. The highest BCUT2D eigenvalue weighted by Gasteiger charge is 2.18. The highest BCUT2D eigenvalue weighted by molar-refractivity contribution is 5.92. The van der Waals surface area contributed by atoms with E-state index in [0.29, 0.717) is 43.2 Å². The molecule has 3 aromatic carbocycles. The molecule has 0 aliphatic rings. The maximum absolute atomic E-state index is 12.8. The van der Waals surface area contributed by atoms with E-state index in [-0.39, 0.29) is 18.8 Å². The lowest BCUT2D eigenvalue weighted by atomic mass is 10.1. The number of benzene rings is 3. The predicted molar refractivity (Wildman–Crippen MR) is 148 cm³/mol. The van der Waals surface area contributed by atoms with Crippen molar-refractivity contribution in [2.75, 3.05) is 19.8 Å². The Bertz CT molecular complexity index is 1070. The van der Waals surface area contributed by atoms with Crippen molar-refractivity contribution >= 4 is 5.97 Å². The van der Waals surface area contributed by atoms with Crippen LogP contribution < -0.4 is 14.8 Å². The second-order valence-electron chi connectivity index (χ2n) is 9.12. The van der Waals surface area contributed by atoms with Crippen LogP contribution in [0, 0.1) is 6.92 Å². The summed E-state index contributed by atoms with van der Waals surface area (Å²) in [7, 11) is 0. The Balaban J connectivity index is 0.00000235.